The molecule has 1 atom stereocenters. The lowest BCUT2D eigenvalue weighted by atomic mass is 10.00. The molecule has 2 heterocycles. The summed E-state index contributed by atoms with van der Waals surface area (Å²) >= 11 is 3.31. The van der Waals surface area contributed by atoms with Gasteiger partial charge in [-0.2, -0.15) is 5.10 Å². The first kappa shape index (κ1) is 22.0. The van der Waals surface area contributed by atoms with Crippen LogP contribution in [0.25, 0.3) is 11.8 Å². The van der Waals surface area contributed by atoms with Crippen LogP contribution in [0.1, 0.15) is 28.6 Å². The topological polar surface area (TPSA) is 67.2 Å². The van der Waals surface area contributed by atoms with Crippen LogP contribution in [-0.4, -0.2) is 39.6 Å². The number of nitrogens with one attached hydrogen (secondary N) is 1. The zero-order valence-electron chi connectivity index (χ0n) is 17.7. The highest BCUT2D eigenvalue weighted by molar-refractivity contribution is 9.10. The predicted octanol–water partition coefficient (Wildman–Crippen LogP) is 4.10. The number of aromatic nitrogens is 2. The average Bonchev–Trinajstić information content (AvgIpc) is 3.08. The summed E-state index contributed by atoms with van der Waals surface area (Å²) in [6, 6.07) is 13.3. The maximum atomic E-state index is 14.1. The maximum Gasteiger partial charge on any atom is 0.247 e. The molecule has 0 aliphatic carbocycles. The lowest BCUT2D eigenvalue weighted by Crippen LogP contribution is -2.52. The Kier molecular flexibility index (Phi) is 6.23. The van der Waals surface area contributed by atoms with Gasteiger partial charge in [-0.1, -0.05) is 34.1 Å². The Balaban J connectivity index is 1.69. The molecule has 0 spiro atoms. The number of amides is 2. The number of para-hydroxylation sites is 1. The van der Waals surface area contributed by atoms with Gasteiger partial charge in [-0.05, 0) is 50.3 Å². The summed E-state index contributed by atoms with van der Waals surface area (Å²) in [6.07, 6.45) is 2.74. The molecular formula is C24H22BrFN4O2. The van der Waals surface area contributed by atoms with E-state index in [1.807, 2.05) is 44.2 Å². The number of piperazine rings is 1. The lowest BCUT2D eigenvalue weighted by Gasteiger charge is -2.34. The smallest absolute Gasteiger partial charge is 0.247 e. The van der Waals surface area contributed by atoms with Crippen molar-refractivity contribution in [1.82, 2.24) is 20.0 Å². The van der Waals surface area contributed by atoms with Crippen molar-refractivity contribution in [2.24, 2.45) is 0 Å². The van der Waals surface area contributed by atoms with E-state index in [1.54, 1.807) is 16.8 Å². The fraction of sp³-hybridized carbons (Fsp3) is 0.208. The van der Waals surface area contributed by atoms with E-state index < -0.39 is 11.9 Å². The Bertz CT molecular complexity index is 1210. The SMILES string of the molecule is Cc1nn(-c2ccccc2)c(C)c1C1C(=O)NCCN1C(=O)/C=C\c1cc(Br)ccc1F. The van der Waals surface area contributed by atoms with Crippen LogP contribution >= 0.6 is 15.9 Å². The van der Waals surface area contributed by atoms with Gasteiger partial charge < -0.3 is 10.2 Å². The van der Waals surface area contributed by atoms with Crippen molar-refractivity contribution in [3.63, 3.8) is 0 Å². The second kappa shape index (κ2) is 9.08. The second-order valence-electron chi connectivity index (χ2n) is 7.56. The van der Waals surface area contributed by atoms with Crippen LogP contribution in [0.4, 0.5) is 4.39 Å². The van der Waals surface area contributed by atoms with Gasteiger partial charge in [0.15, 0.2) is 0 Å². The molecule has 2 amide bonds. The molecule has 1 unspecified atom stereocenters. The largest absolute Gasteiger partial charge is 0.352 e. The Morgan fingerprint density at radius 1 is 1.22 bits per heavy atom. The van der Waals surface area contributed by atoms with Crippen molar-refractivity contribution in [2.45, 2.75) is 19.9 Å². The molecule has 164 valence electrons. The highest BCUT2D eigenvalue weighted by atomic mass is 79.9. The summed E-state index contributed by atoms with van der Waals surface area (Å²) in [7, 11) is 0. The summed E-state index contributed by atoms with van der Waals surface area (Å²) in [5.41, 5.74) is 3.32. The van der Waals surface area contributed by atoms with Crippen LogP contribution in [0.15, 0.2) is 59.1 Å². The van der Waals surface area contributed by atoms with Gasteiger partial charge in [0.1, 0.15) is 11.9 Å². The molecule has 0 radical (unpaired) electrons. The predicted molar refractivity (Wildman–Crippen MR) is 124 cm³/mol. The van der Waals surface area contributed by atoms with Gasteiger partial charge in [-0.25, -0.2) is 9.07 Å². The minimum absolute atomic E-state index is 0.259. The molecule has 3 aromatic rings. The Morgan fingerprint density at radius 2 is 1.97 bits per heavy atom. The van der Waals surface area contributed by atoms with Crippen LogP contribution < -0.4 is 5.32 Å². The van der Waals surface area contributed by atoms with Gasteiger partial charge in [0.25, 0.3) is 0 Å². The van der Waals surface area contributed by atoms with Gasteiger partial charge in [0.05, 0.1) is 11.4 Å². The Hall–Kier alpha value is -3.26. The quantitative estimate of drug-likeness (QED) is 0.552. The standard InChI is InChI=1S/C24H22BrFN4O2/c1-15-22(16(2)30(28-15)19-6-4-3-5-7-19)23-24(32)27-12-13-29(23)21(31)11-8-17-14-18(25)9-10-20(17)26/h3-11,14,23H,12-13H2,1-2H3,(H,27,32)/b11-8-. The number of rotatable bonds is 4. The summed E-state index contributed by atoms with van der Waals surface area (Å²) in [6.45, 7) is 4.42. The molecule has 0 bridgehead atoms. The van der Waals surface area contributed by atoms with E-state index >= 15 is 0 Å². The van der Waals surface area contributed by atoms with Crippen LogP contribution in [0.2, 0.25) is 0 Å². The summed E-state index contributed by atoms with van der Waals surface area (Å²) in [5, 5.41) is 7.47. The van der Waals surface area contributed by atoms with Gasteiger partial charge in [-0.3, -0.25) is 9.59 Å². The molecule has 32 heavy (non-hydrogen) atoms. The van der Waals surface area contributed by atoms with E-state index in [2.05, 4.69) is 26.3 Å². The highest BCUT2D eigenvalue weighted by Crippen LogP contribution is 2.30. The van der Waals surface area contributed by atoms with Gasteiger partial charge in [0, 0.05) is 40.5 Å². The Labute approximate surface area is 193 Å². The van der Waals surface area contributed by atoms with E-state index in [-0.39, 0.29) is 17.4 Å². The average molecular weight is 497 g/mol. The van der Waals surface area contributed by atoms with E-state index in [0.717, 1.165) is 11.4 Å². The molecule has 1 aromatic heterocycles. The number of carbonyl (C=O) groups excluding carboxylic acids is 2. The number of aryl methyl sites for hydroxylation is 1. The Morgan fingerprint density at radius 3 is 2.72 bits per heavy atom. The molecule has 4 rings (SSSR count). The first-order valence-electron chi connectivity index (χ1n) is 10.2. The molecule has 6 nitrogen and oxygen atoms in total. The molecule has 1 fully saturated rings. The first-order chi connectivity index (χ1) is 15.4. The summed E-state index contributed by atoms with van der Waals surface area (Å²) in [4.78, 5) is 27.5. The summed E-state index contributed by atoms with van der Waals surface area (Å²) in [5.74, 6) is -1.05. The number of carbonyl (C=O) groups is 2. The highest BCUT2D eigenvalue weighted by Gasteiger charge is 2.37. The van der Waals surface area contributed by atoms with E-state index in [9.17, 15) is 14.0 Å². The van der Waals surface area contributed by atoms with Crippen molar-refractivity contribution in [1.29, 1.82) is 0 Å². The maximum absolute atomic E-state index is 14.1. The van der Waals surface area contributed by atoms with E-state index in [1.165, 1.54) is 23.1 Å². The van der Waals surface area contributed by atoms with Gasteiger partial charge in [-0.15, -0.1) is 0 Å². The van der Waals surface area contributed by atoms with Crippen molar-refractivity contribution >= 4 is 33.8 Å². The molecule has 1 aliphatic heterocycles. The molecule has 2 aromatic carbocycles. The number of halogens is 2. The zero-order chi connectivity index (χ0) is 22.8. The van der Waals surface area contributed by atoms with Crippen molar-refractivity contribution in [3.8, 4) is 5.69 Å². The molecule has 1 saturated heterocycles. The number of hydrogen-bond acceptors (Lipinski definition) is 3. The molecule has 8 heteroatoms. The van der Waals surface area contributed by atoms with E-state index in [0.29, 0.717) is 28.8 Å². The fourth-order valence-electron chi connectivity index (χ4n) is 3.96. The van der Waals surface area contributed by atoms with Crippen molar-refractivity contribution in [3.05, 3.63) is 87.4 Å². The van der Waals surface area contributed by atoms with Crippen LogP contribution in [0.5, 0.6) is 0 Å². The molecule has 1 aliphatic rings. The lowest BCUT2D eigenvalue weighted by molar-refractivity contribution is -0.140. The molecule has 0 saturated carbocycles. The number of hydrogen-bond donors (Lipinski definition) is 1. The molecular weight excluding hydrogens is 475 g/mol. The zero-order valence-corrected chi connectivity index (χ0v) is 19.3. The minimum atomic E-state index is -0.814. The molecule has 1 N–H and O–H groups in total. The van der Waals surface area contributed by atoms with Crippen molar-refractivity contribution in [2.75, 3.05) is 13.1 Å². The van der Waals surface area contributed by atoms with E-state index in [4.69, 9.17) is 0 Å². The third-order valence-electron chi connectivity index (χ3n) is 5.48. The van der Waals surface area contributed by atoms with Crippen molar-refractivity contribution < 1.29 is 14.0 Å². The normalized spacial score (nSPS) is 16.4. The first-order valence-corrected chi connectivity index (χ1v) is 11.0. The van der Waals surface area contributed by atoms with Crippen LogP contribution in [0, 0.1) is 19.7 Å². The minimum Gasteiger partial charge on any atom is -0.352 e. The third-order valence-corrected chi connectivity index (χ3v) is 5.97. The van der Waals surface area contributed by atoms with Crippen LogP contribution in [0.3, 0.4) is 0 Å². The van der Waals surface area contributed by atoms with Crippen LogP contribution in [-0.2, 0) is 9.59 Å². The van der Waals surface area contributed by atoms with Gasteiger partial charge in [0.2, 0.25) is 11.8 Å². The fourth-order valence-corrected chi connectivity index (χ4v) is 4.34. The number of nitrogens with zero attached hydrogens (tertiary/aromatic N) is 3. The third kappa shape index (κ3) is 4.23. The monoisotopic (exact) mass is 496 g/mol. The van der Waals surface area contributed by atoms with Gasteiger partial charge >= 0.3 is 0 Å². The summed E-state index contributed by atoms with van der Waals surface area (Å²) < 4.78 is 16.6. The second-order valence-corrected chi connectivity index (χ2v) is 8.47. The number of benzene rings is 2.